The summed E-state index contributed by atoms with van der Waals surface area (Å²) in [7, 11) is 0. The van der Waals surface area contributed by atoms with Gasteiger partial charge in [0.15, 0.2) is 6.80 Å². The van der Waals surface area contributed by atoms with Crippen molar-refractivity contribution >= 4 is 15.9 Å². The molecule has 1 rings (SSSR count). The van der Waals surface area contributed by atoms with Crippen molar-refractivity contribution in [2.24, 2.45) is 0 Å². The maximum atomic E-state index is 11.6. The molecule has 0 fully saturated rings. The largest absolute Gasteiger partial charge is 0.241 e. The Morgan fingerprint density at radius 1 is 1.88 bits per heavy atom. The van der Waals surface area contributed by atoms with Crippen molar-refractivity contribution < 1.29 is 4.39 Å². The van der Waals surface area contributed by atoms with Crippen molar-refractivity contribution in [1.82, 2.24) is 9.78 Å². The van der Waals surface area contributed by atoms with Gasteiger partial charge in [-0.3, -0.25) is 0 Å². The normalized spacial score (nSPS) is 9.75. The Morgan fingerprint density at radius 3 is 2.88 bits per heavy atom. The molecule has 4 heteroatoms. The smallest absolute Gasteiger partial charge is 0.181 e. The molecule has 0 saturated heterocycles. The second kappa shape index (κ2) is 2.26. The van der Waals surface area contributed by atoms with E-state index in [4.69, 9.17) is 0 Å². The molecular weight excluding hydrogens is 175 g/mol. The molecule has 0 aliphatic carbocycles. The topological polar surface area (TPSA) is 17.8 Å². The predicted octanol–water partition coefficient (Wildman–Crippen LogP) is 1.57. The second-order valence-corrected chi connectivity index (χ2v) is 2.23. The highest BCUT2D eigenvalue weighted by atomic mass is 79.9. The summed E-state index contributed by atoms with van der Waals surface area (Å²) >= 11 is 3.12. The average molecular weight is 179 g/mol. The fourth-order valence-electron chi connectivity index (χ4n) is 0.404. The van der Waals surface area contributed by atoms with E-state index in [0.29, 0.717) is 0 Å². The Bertz CT molecular complexity index is 174. The lowest BCUT2D eigenvalue weighted by atomic mass is 10.8. The summed E-state index contributed by atoms with van der Waals surface area (Å²) in [4.78, 5) is 0. The van der Waals surface area contributed by atoms with Gasteiger partial charge in [-0.25, -0.2) is 9.07 Å². The predicted molar refractivity (Wildman–Crippen MR) is 31.0 cm³/mol. The van der Waals surface area contributed by atoms with Crippen molar-refractivity contribution in [3.05, 3.63) is 16.9 Å². The van der Waals surface area contributed by atoms with Crippen LogP contribution < -0.4 is 0 Å². The third-order valence-electron chi connectivity index (χ3n) is 0.724. The molecule has 0 saturated carbocycles. The monoisotopic (exact) mass is 178 g/mol. The molecule has 1 aromatic rings. The SMILES string of the molecule is FCn1cc(Br)cn1. The molecule has 0 N–H and O–H groups in total. The molecule has 2 nitrogen and oxygen atoms in total. The third-order valence-corrected chi connectivity index (χ3v) is 1.13. The van der Waals surface area contributed by atoms with Crippen LogP contribution in [0.1, 0.15) is 0 Å². The summed E-state index contributed by atoms with van der Waals surface area (Å²) in [6.07, 6.45) is 3.11. The van der Waals surface area contributed by atoms with Crippen LogP contribution in [0.25, 0.3) is 0 Å². The van der Waals surface area contributed by atoms with Crippen LogP contribution in [-0.2, 0) is 6.80 Å². The first kappa shape index (κ1) is 5.75. The van der Waals surface area contributed by atoms with E-state index in [1.54, 1.807) is 12.4 Å². The van der Waals surface area contributed by atoms with Gasteiger partial charge in [0, 0.05) is 6.20 Å². The van der Waals surface area contributed by atoms with Gasteiger partial charge in [0.05, 0.1) is 10.7 Å². The van der Waals surface area contributed by atoms with Gasteiger partial charge >= 0.3 is 0 Å². The highest BCUT2D eigenvalue weighted by molar-refractivity contribution is 9.10. The van der Waals surface area contributed by atoms with E-state index in [1.165, 1.54) is 4.68 Å². The lowest BCUT2D eigenvalue weighted by Gasteiger charge is -1.84. The summed E-state index contributed by atoms with van der Waals surface area (Å²) in [5, 5.41) is 3.63. The molecule has 8 heavy (non-hydrogen) atoms. The van der Waals surface area contributed by atoms with E-state index in [2.05, 4.69) is 21.0 Å². The molecule has 0 aliphatic rings. The van der Waals surface area contributed by atoms with E-state index in [0.717, 1.165) is 4.47 Å². The second-order valence-electron chi connectivity index (χ2n) is 1.32. The van der Waals surface area contributed by atoms with Crippen LogP contribution in [0, 0.1) is 0 Å². The molecule has 0 aromatic carbocycles. The van der Waals surface area contributed by atoms with Crippen LogP contribution in [0.15, 0.2) is 16.9 Å². The molecule has 0 spiro atoms. The summed E-state index contributed by atoms with van der Waals surface area (Å²) in [5.74, 6) is 0. The molecule has 1 aromatic heterocycles. The number of alkyl halides is 1. The summed E-state index contributed by atoms with van der Waals surface area (Å²) in [6.45, 7) is -0.564. The fraction of sp³-hybridized carbons (Fsp3) is 0.250. The van der Waals surface area contributed by atoms with Gasteiger partial charge in [0.25, 0.3) is 0 Å². The number of rotatable bonds is 1. The zero-order valence-electron chi connectivity index (χ0n) is 4.01. The number of hydrogen-bond donors (Lipinski definition) is 0. The Kier molecular flexibility index (Phi) is 1.62. The number of aromatic nitrogens is 2. The minimum atomic E-state index is -0.564. The van der Waals surface area contributed by atoms with E-state index in [1.807, 2.05) is 0 Å². The Labute approximate surface area is 54.4 Å². The summed E-state index contributed by atoms with van der Waals surface area (Å²) in [5.41, 5.74) is 0. The van der Waals surface area contributed by atoms with Gasteiger partial charge in [-0.2, -0.15) is 5.10 Å². The first-order chi connectivity index (χ1) is 3.83. The van der Waals surface area contributed by atoms with Gasteiger partial charge in [-0.05, 0) is 15.9 Å². The van der Waals surface area contributed by atoms with Crippen molar-refractivity contribution in [3.8, 4) is 0 Å². The molecule has 1 heterocycles. The first-order valence-electron chi connectivity index (χ1n) is 2.07. The van der Waals surface area contributed by atoms with Crippen molar-refractivity contribution in [2.45, 2.75) is 6.80 Å². The van der Waals surface area contributed by atoms with Gasteiger partial charge in [0.2, 0.25) is 0 Å². The zero-order valence-corrected chi connectivity index (χ0v) is 5.60. The minimum Gasteiger partial charge on any atom is -0.241 e. The molecule has 0 aliphatic heterocycles. The number of hydrogen-bond acceptors (Lipinski definition) is 1. The first-order valence-corrected chi connectivity index (χ1v) is 2.86. The molecule has 0 unspecified atom stereocenters. The zero-order chi connectivity index (χ0) is 5.98. The molecule has 44 valence electrons. The van der Waals surface area contributed by atoms with Crippen LogP contribution in [0.5, 0.6) is 0 Å². The van der Waals surface area contributed by atoms with Gasteiger partial charge in [-0.15, -0.1) is 0 Å². The standard InChI is InChI=1S/C4H4BrFN2/c5-4-1-7-8(2-4)3-6/h1-2H,3H2. The van der Waals surface area contributed by atoms with E-state index < -0.39 is 6.80 Å². The Morgan fingerprint density at radius 2 is 2.62 bits per heavy atom. The maximum absolute atomic E-state index is 11.6. The minimum absolute atomic E-state index is 0.564. The van der Waals surface area contributed by atoms with E-state index in [-0.39, 0.29) is 0 Å². The maximum Gasteiger partial charge on any atom is 0.181 e. The van der Waals surface area contributed by atoms with Gasteiger partial charge in [-0.1, -0.05) is 0 Å². The van der Waals surface area contributed by atoms with E-state index in [9.17, 15) is 4.39 Å². The van der Waals surface area contributed by atoms with Crippen molar-refractivity contribution in [1.29, 1.82) is 0 Å². The van der Waals surface area contributed by atoms with Crippen LogP contribution in [0.3, 0.4) is 0 Å². The van der Waals surface area contributed by atoms with Crippen molar-refractivity contribution in [2.75, 3.05) is 0 Å². The average Bonchev–Trinajstić information content (AvgIpc) is 2.14. The summed E-state index contributed by atoms with van der Waals surface area (Å²) in [6, 6.07) is 0. The van der Waals surface area contributed by atoms with Gasteiger partial charge < -0.3 is 0 Å². The van der Waals surface area contributed by atoms with Crippen LogP contribution in [-0.4, -0.2) is 9.78 Å². The molecule has 0 atom stereocenters. The quantitative estimate of drug-likeness (QED) is 0.639. The fourth-order valence-corrected chi connectivity index (χ4v) is 0.732. The van der Waals surface area contributed by atoms with Crippen LogP contribution in [0.2, 0.25) is 0 Å². The molecule has 0 radical (unpaired) electrons. The lowest BCUT2D eigenvalue weighted by Crippen LogP contribution is -1.90. The van der Waals surface area contributed by atoms with Crippen LogP contribution >= 0.6 is 15.9 Å². The highest BCUT2D eigenvalue weighted by Crippen LogP contribution is 2.05. The summed E-state index contributed by atoms with van der Waals surface area (Å²) < 4.78 is 13.6. The van der Waals surface area contributed by atoms with Crippen molar-refractivity contribution in [3.63, 3.8) is 0 Å². The Hall–Kier alpha value is -0.380. The van der Waals surface area contributed by atoms with E-state index >= 15 is 0 Å². The number of nitrogens with zero attached hydrogens (tertiary/aromatic N) is 2. The van der Waals surface area contributed by atoms with Crippen LogP contribution in [0.4, 0.5) is 4.39 Å². The molecule has 0 amide bonds. The molecular formula is C4H4BrFN2. The Balaban J connectivity index is 2.84. The molecule has 0 bridgehead atoms. The number of halogens is 2. The lowest BCUT2D eigenvalue weighted by molar-refractivity contribution is 0.349. The van der Waals surface area contributed by atoms with Gasteiger partial charge in [0.1, 0.15) is 0 Å². The third kappa shape index (κ3) is 1.06. The highest BCUT2D eigenvalue weighted by Gasteiger charge is 1.89.